The summed E-state index contributed by atoms with van der Waals surface area (Å²) in [5, 5.41) is 20.8. The largest absolute Gasteiger partial charge is 0.481 e. The van der Waals surface area contributed by atoms with Gasteiger partial charge in [0, 0.05) is 54.6 Å². The minimum Gasteiger partial charge on any atom is -0.481 e. The topological polar surface area (TPSA) is 122 Å². The van der Waals surface area contributed by atoms with Crippen LogP contribution < -0.4 is 19.9 Å². The number of aliphatic carboxylic acids is 1. The van der Waals surface area contributed by atoms with Crippen molar-refractivity contribution < 1.29 is 33.7 Å². The lowest BCUT2D eigenvalue weighted by Crippen LogP contribution is -2.48. The Labute approximate surface area is 274 Å². The highest BCUT2D eigenvalue weighted by Gasteiger charge is 2.48. The molecule has 0 aliphatic carbocycles. The lowest BCUT2D eigenvalue weighted by molar-refractivity contribution is -0.143. The van der Waals surface area contributed by atoms with E-state index in [1.54, 1.807) is 59.0 Å². The van der Waals surface area contributed by atoms with E-state index < -0.39 is 23.8 Å². The number of benzene rings is 2. The number of aromatic nitrogens is 1. The van der Waals surface area contributed by atoms with Crippen LogP contribution in [-0.2, 0) is 22.7 Å². The molecule has 2 N–H and O–H groups in total. The third-order valence-corrected chi connectivity index (χ3v) is 9.40. The molecule has 252 valence electrons. The van der Waals surface area contributed by atoms with Gasteiger partial charge in [0.1, 0.15) is 5.82 Å². The smallest absolute Gasteiger partial charge is 0.308 e. The van der Waals surface area contributed by atoms with Crippen molar-refractivity contribution in [3.63, 3.8) is 0 Å². The number of rotatable bonds is 14. The lowest BCUT2D eigenvalue weighted by Gasteiger charge is -2.35. The number of aliphatic hydroxyl groups excluding tert-OH is 1. The van der Waals surface area contributed by atoms with Crippen molar-refractivity contribution in [1.29, 1.82) is 0 Å². The van der Waals surface area contributed by atoms with Gasteiger partial charge in [-0.05, 0) is 73.7 Å². The summed E-state index contributed by atoms with van der Waals surface area (Å²) in [6.07, 6.45) is 5.21. The molecule has 3 atom stereocenters. The van der Waals surface area contributed by atoms with Crippen LogP contribution in [-0.4, -0.2) is 63.5 Å². The van der Waals surface area contributed by atoms with Crippen LogP contribution in [0.3, 0.4) is 0 Å². The van der Waals surface area contributed by atoms with Crippen molar-refractivity contribution in [3.05, 3.63) is 87.6 Å². The molecule has 10 nitrogen and oxygen atoms in total. The van der Waals surface area contributed by atoms with Gasteiger partial charge in [0.05, 0.1) is 19.1 Å². The number of hydrogen-bond acceptors (Lipinski definition) is 7. The van der Waals surface area contributed by atoms with Crippen LogP contribution in [0.25, 0.3) is 0 Å². The van der Waals surface area contributed by atoms with E-state index in [-0.39, 0.29) is 56.4 Å². The summed E-state index contributed by atoms with van der Waals surface area (Å²) in [5.41, 5.74) is 2.03. The number of aliphatic hydroxyl groups is 1. The van der Waals surface area contributed by atoms with Crippen LogP contribution in [0.1, 0.15) is 68.6 Å². The molecule has 0 unspecified atom stereocenters. The normalized spacial score (nSPS) is 19.0. The Morgan fingerprint density at radius 2 is 1.85 bits per heavy atom. The summed E-state index contributed by atoms with van der Waals surface area (Å²) in [6.45, 7) is 5.96. The van der Waals surface area contributed by atoms with Gasteiger partial charge in [-0.2, -0.15) is 0 Å². The minimum absolute atomic E-state index is 0.00325. The number of nitrogens with zero attached hydrogens (tertiary/aromatic N) is 3. The minimum atomic E-state index is -1.01. The first kappa shape index (κ1) is 34.1. The SMILES string of the molecule is CCCC(CCC)N(C(=O)CN1C[C@H](c2cc(CO)c3c(c2)OCO3)[C@@H](C(=O)O)[C@@H]1CCn1ccccc1=O)c1ccc(F)c(C)c1. The fraction of sp³-hybridized carbons (Fsp3) is 0.472. The number of anilines is 1. The number of amides is 1. The van der Waals surface area contributed by atoms with Crippen LogP contribution in [0.2, 0.25) is 0 Å². The van der Waals surface area contributed by atoms with Gasteiger partial charge in [-0.25, -0.2) is 4.39 Å². The van der Waals surface area contributed by atoms with E-state index in [9.17, 15) is 29.0 Å². The lowest BCUT2D eigenvalue weighted by atomic mass is 9.83. The zero-order valence-corrected chi connectivity index (χ0v) is 27.2. The predicted molar refractivity (Wildman–Crippen MR) is 175 cm³/mol. The summed E-state index contributed by atoms with van der Waals surface area (Å²) in [6, 6.07) is 12.4. The number of carbonyl (C=O) groups excluding carboxylic acids is 1. The monoisotopic (exact) mass is 649 g/mol. The zero-order chi connectivity index (χ0) is 33.7. The second-order valence-corrected chi connectivity index (χ2v) is 12.5. The van der Waals surface area contributed by atoms with Crippen molar-refractivity contribution in [3.8, 4) is 11.5 Å². The van der Waals surface area contributed by atoms with Crippen molar-refractivity contribution in [1.82, 2.24) is 9.47 Å². The Kier molecular flexibility index (Phi) is 11.0. The van der Waals surface area contributed by atoms with Gasteiger partial charge in [0.15, 0.2) is 11.5 Å². The molecular formula is C36H44FN3O7. The van der Waals surface area contributed by atoms with Crippen molar-refractivity contribution in [2.75, 3.05) is 24.8 Å². The van der Waals surface area contributed by atoms with Gasteiger partial charge >= 0.3 is 5.97 Å². The number of likely N-dealkylation sites (tertiary alicyclic amines) is 1. The van der Waals surface area contributed by atoms with Crippen LogP contribution in [0, 0.1) is 18.7 Å². The van der Waals surface area contributed by atoms with E-state index >= 15 is 0 Å². The molecule has 2 aliphatic rings. The number of halogens is 1. The molecule has 1 aromatic heterocycles. The summed E-state index contributed by atoms with van der Waals surface area (Å²) >= 11 is 0. The average Bonchev–Trinajstić information content (AvgIpc) is 3.67. The molecule has 0 radical (unpaired) electrons. The fourth-order valence-electron chi connectivity index (χ4n) is 7.20. The van der Waals surface area contributed by atoms with E-state index in [2.05, 4.69) is 13.8 Å². The first-order valence-corrected chi connectivity index (χ1v) is 16.4. The van der Waals surface area contributed by atoms with Crippen LogP contribution in [0.15, 0.2) is 59.5 Å². The maximum Gasteiger partial charge on any atom is 0.308 e. The van der Waals surface area contributed by atoms with Crippen LogP contribution in [0.4, 0.5) is 10.1 Å². The summed E-state index contributed by atoms with van der Waals surface area (Å²) in [4.78, 5) is 43.8. The van der Waals surface area contributed by atoms with Gasteiger partial charge in [-0.15, -0.1) is 0 Å². The molecular weight excluding hydrogens is 605 g/mol. The second-order valence-electron chi connectivity index (χ2n) is 12.5. The highest BCUT2D eigenvalue weighted by atomic mass is 19.1. The number of hydrogen-bond donors (Lipinski definition) is 2. The molecule has 3 aromatic rings. The van der Waals surface area contributed by atoms with E-state index in [1.807, 2.05) is 4.90 Å². The molecule has 3 heterocycles. The van der Waals surface area contributed by atoms with E-state index in [4.69, 9.17) is 9.47 Å². The van der Waals surface area contributed by atoms with Gasteiger partial charge in [-0.3, -0.25) is 19.3 Å². The Balaban J connectivity index is 1.53. The van der Waals surface area contributed by atoms with Crippen LogP contribution >= 0.6 is 0 Å². The quantitative estimate of drug-likeness (QED) is 0.248. The number of pyridine rings is 1. The molecule has 0 spiro atoms. The Bertz CT molecular complexity index is 1640. The third kappa shape index (κ3) is 7.36. The van der Waals surface area contributed by atoms with E-state index in [0.717, 1.165) is 25.7 Å². The van der Waals surface area contributed by atoms with E-state index in [0.29, 0.717) is 40.3 Å². The van der Waals surface area contributed by atoms with Crippen molar-refractivity contribution in [2.45, 2.75) is 84.0 Å². The third-order valence-electron chi connectivity index (χ3n) is 9.40. The number of ether oxygens (including phenoxy) is 2. The first-order chi connectivity index (χ1) is 22.7. The Hall–Kier alpha value is -4.22. The number of carboxylic acid groups (broad SMARTS) is 1. The highest BCUT2D eigenvalue weighted by molar-refractivity contribution is 5.95. The molecule has 0 saturated carbocycles. The van der Waals surface area contributed by atoms with E-state index in [1.165, 1.54) is 12.1 Å². The number of carboxylic acids is 1. The maximum atomic E-state index is 14.5. The molecule has 2 aliphatic heterocycles. The number of fused-ring (bicyclic) bond motifs is 1. The van der Waals surface area contributed by atoms with Crippen LogP contribution in [0.5, 0.6) is 11.5 Å². The van der Waals surface area contributed by atoms with Gasteiger partial charge < -0.3 is 29.2 Å². The van der Waals surface area contributed by atoms with Gasteiger partial charge in [0.2, 0.25) is 18.3 Å². The molecule has 5 rings (SSSR count). The molecule has 1 saturated heterocycles. The molecule has 11 heteroatoms. The highest BCUT2D eigenvalue weighted by Crippen LogP contribution is 2.44. The number of carbonyl (C=O) groups is 2. The van der Waals surface area contributed by atoms with Gasteiger partial charge in [0.25, 0.3) is 0 Å². The molecule has 1 fully saturated rings. The summed E-state index contributed by atoms with van der Waals surface area (Å²) in [5.74, 6) is -2.14. The second kappa shape index (κ2) is 15.1. The zero-order valence-electron chi connectivity index (χ0n) is 27.2. The standard InChI is InChI=1S/C36H44FN3O7/c1-4-8-26(9-5-2)40(27-11-12-29(37)23(3)16-27)33(43)20-39-19-28(24-17-25(21-41)35-31(18-24)46-22-47-35)34(36(44)45)30(39)13-15-38-14-7-6-10-32(38)42/h6-7,10-12,14,16-18,26,28,30,34,41H,4-5,8-9,13,15,19-22H2,1-3H3,(H,44,45)/t28-,30+,34-/m1/s1. The molecule has 2 aromatic carbocycles. The maximum absolute atomic E-state index is 14.5. The Morgan fingerprint density at radius 3 is 2.51 bits per heavy atom. The molecule has 1 amide bonds. The fourth-order valence-corrected chi connectivity index (χ4v) is 7.20. The first-order valence-electron chi connectivity index (χ1n) is 16.4. The summed E-state index contributed by atoms with van der Waals surface area (Å²) in [7, 11) is 0. The van der Waals surface area contributed by atoms with Crippen molar-refractivity contribution >= 4 is 17.6 Å². The van der Waals surface area contributed by atoms with Crippen molar-refractivity contribution in [2.24, 2.45) is 5.92 Å². The number of aryl methyl sites for hydroxylation is 2. The Morgan fingerprint density at radius 1 is 1.09 bits per heavy atom. The van der Waals surface area contributed by atoms with Gasteiger partial charge in [-0.1, -0.05) is 32.8 Å². The average molecular weight is 650 g/mol. The predicted octanol–water partition coefficient (Wildman–Crippen LogP) is 5.08. The molecule has 47 heavy (non-hydrogen) atoms. The summed E-state index contributed by atoms with van der Waals surface area (Å²) < 4.78 is 27.0. The molecule has 0 bridgehead atoms.